The lowest BCUT2D eigenvalue weighted by molar-refractivity contribution is 0.252. The van der Waals surface area contributed by atoms with E-state index in [4.69, 9.17) is 0 Å². The number of benzene rings is 1. The zero-order chi connectivity index (χ0) is 18.4. The van der Waals surface area contributed by atoms with Gasteiger partial charge in [0.25, 0.3) is 0 Å². The van der Waals surface area contributed by atoms with Crippen molar-refractivity contribution in [1.29, 1.82) is 0 Å². The topological polar surface area (TPSA) is 96.8 Å². The van der Waals surface area contributed by atoms with Crippen molar-refractivity contribution >= 4 is 17.5 Å². The highest BCUT2D eigenvalue weighted by molar-refractivity contribution is 5.89. The molecule has 134 valence electrons. The summed E-state index contributed by atoms with van der Waals surface area (Å²) in [5, 5.41) is 8.73. The average Bonchev–Trinajstić information content (AvgIpc) is 2.99. The molecule has 2 amide bonds. The lowest BCUT2D eigenvalue weighted by atomic mass is 10.3. The zero-order valence-corrected chi connectivity index (χ0v) is 14.7. The Labute approximate surface area is 151 Å². The van der Waals surface area contributed by atoms with Crippen molar-refractivity contribution in [3.05, 3.63) is 60.4 Å². The summed E-state index contributed by atoms with van der Waals surface area (Å²) in [7, 11) is 0. The third-order valence-electron chi connectivity index (χ3n) is 3.90. The normalized spacial score (nSPS) is 10.4. The van der Waals surface area contributed by atoms with E-state index in [0.29, 0.717) is 18.9 Å². The van der Waals surface area contributed by atoms with Crippen LogP contribution in [0.1, 0.15) is 11.4 Å². The first-order chi connectivity index (χ1) is 12.6. The van der Waals surface area contributed by atoms with Gasteiger partial charge in [0, 0.05) is 30.5 Å². The van der Waals surface area contributed by atoms with E-state index in [-0.39, 0.29) is 6.03 Å². The molecule has 2 heterocycles. The number of para-hydroxylation sites is 1. The van der Waals surface area contributed by atoms with E-state index in [1.807, 2.05) is 54.8 Å². The second-order valence-corrected chi connectivity index (χ2v) is 5.72. The van der Waals surface area contributed by atoms with Crippen molar-refractivity contribution in [2.24, 2.45) is 0 Å². The predicted molar refractivity (Wildman–Crippen MR) is 101 cm³/mol. The number of anilines is 2. The Morgan fingerprint density at radius 1 is 1.08 bits per heavy atom. The van der Waals surface area contributed by atoms with Crippen LogP contribution in [0.5, 0.6) is 0 Å². The van der Waals surface area contributed by atoms with Gasteiger partial charge in [-0.25, -0.2) is 19.7 Å². The summed E-state index contributed by atoms with van der Waals surface area (Å²) in [6, 6.07) is 10.9. The van der Waals surface area contributed by atoms with Gasteiger partial charge in [-0.2, -0.15) is 0 Å². The van der Waals surface area contributed by atoms with Crippen LogP contribution < -0.4 is 16.0 Å². The van der Waals surface area contributed by atoms with E-state index in [2.05, 4.69) is 30.9 Å². The molecule has 0 fully saturated rings. The fourth-order valence-electron chi connectivity index (χ4n) is 2.37. The van der Waals surface area contributed by atoms with Crippen molar-refractivity contribution in [3.63, 3.8) is 0 Å². The average molecular weight is 351 g/mol. The molecule has 0 aliphatic rings. The van der Waals surface area contributed by atoms with Crippen LogP contribution in [0.3, 0.4) is 0 Å². The second-order valence-electron chi connectivity index (χ2n) is 5.72. The molecule has 0 atom stereocenters. The number of nitrogens with one attached hydrogen (secondary N) is 3. The maximum absolute atomic E-state index is 11.8. The smallest absolute Gasteiger partial charge is 0.319 e. The van der Waals surface area contributed by atoms with Gasteiger partial charge in [0.15, 0.2) is 0 Å². The molecule has 0 saturated heterocycles. The number of aromatic nitrogens is 4. The summed E-state index contributed by atoms with van der Waals surface area (Å²) in [6.45, 7) is 4.95. The summed E-state index contributed by atoms with van der Waals surface area (Å²) < 4.78 is 1.91. The monoisotopic (exact) mass is 351 g/mol. The van der Waals surface area contributed by atoms with Gasteiger partial charge >= 0.3 is 6.03 Å². The standard InChI is InChI=1S/C18H21N7O/c1-13-14(2)25(12-23-13)17-10-16(21-11-22-17)19-8-9-20-18(26)24-15-6-4-3-5-7-15/h3-7,10-12H,8-9H2,1-2H3,(H,19,21,22)(H2,20,24,26). The van der Waals surface area contributed by atoms with Crippen LogP contribution in [-0.4, -0.2) is 38.6 Å². The number of aryl methyl sites for hydroxylation is 1. The van der Waals surface area contributed by atoms with Crippen molar-refractivity contribution in [1.82, 2.24) is 24.8 Å². The van der Waals surface area contributed by atoms with Gasteiger partial charge in [-0.1, -0.05) is 18.2 Å². The number of nitrogens with zero attached hydrogens (tertiary/aromatic N) is 4. The van der Waals surface area contributed by atoms with Crippen LogP contribution in [-0.2, 0) is 0 Å². The Kier molecular flexibility index (Phi) is 5.43. The zero-order valence-electron chi connectivity index (χ0n) is 14.7. The van der Waals surface area contributed by atoms with E-state index in [1.165, 1.54) is 6.33 Å². The van der Waals surface area contributed by atoms with Crippen molar-refractivity contribution in [2.75, 3.05) is 23.7 Å². The Hall–Kier alpha value is -3.42. The highest BCUT2D eigenvalue weighted by Crippen LogP contribution is 2.13. The van der Waals surface area contributed by atoms with E-state index < -0.39 is 0 Å². The van der Waals surface area contributed by atoms with Gasteiger partial charge in [-0.15, -0.1) is 0 Å². The summed E-state index contributed by atoms with van der Waals surface area (Å²) >= 11 is 0. The summed E-state index contributed by atoms with van der Waals surface area (Å²) in [4.78, 5) is 24.6. The quantitative estimate of drug-likeness (QED) is 0.593. The molecule has 0 bridgehead atoms. The number of hydrogen-bond donors (Lipinski definition) is 3. The Balaban J connectivity index is 1.49. The molecule has 0 aliphatic carbocycles. The fraction of sp³-hybridized carbons (Fsp3) is 0.222. The molecule has 8 nitrogen and oxygen atoms in total. The highest BCUT2D eigenvalue weighted by atomic mass is 16.2. The van der Waals surface area contributed by atoms with Gasteiger partial charge in [0.2, 0.25) is 0 Å². The molecule has 1 aromatic carbocycles. The minimum absolute atomic E-state index is 0.245. The molecule has 3 rings (SSSR count). The van der Waals surface area contributed by atoms with Gasteiger partial charge in [-0.3, -0.25) is 4.57 Å². The molecule has 0 saturated carbocycles. The third kappa shape index (κ3) is 4.35. The Morgan fingerprint density at radius 2 is 1.88 bits per heavy atom. The first-order valence-electron chi connectivity index (χ1n) is 8.30. The van der Waals surface area contributed by atoms with Crippen LogP contribution in [0.2, 0.25) is 0 Å². The van der Waals surface area contributed by atoms with Crippen LogP contribution in [0.15, 0.2) is 49.1 Å². The molecule has 0 spiro atoms. The largest absolute Gasteiger partial charge is 0.368 e. The van der Waals surface area contributed by atoms with E-state index in [9.17, 15) is 4.79 Å². The number of imidazole rings is 1. The molecule has 0 unspecified atom stereocenters. The Bertz CT molecular complexity index is 876. The van der Waals surface area contributed by atoms with Crippen LogP contribution in [0.4, 0.5) is 16.3 Å². The van der Waals surface area contributed by atoms with E-state index in [0.717, 1.165) is 22.9 Å². The molecule has 3 N–H and O–H groups in total. The second kappa shape index (κ2) is 8.11. The molecule has 3 aromatic rings. The molecule has 8 heteroatoms. The van der Waals surface area contributed by atoms with Gasteiger partial charge in [-0.05, 0) is 26.0 Å². The first kappa shape index (κ1) is 17.4. The molecule has 0 radical (unpaired) electrons. The minimum atomic E-state index is -0.245. The van der Waals surface area contributed by atoms with Crippen LogP contribution in [0, 0.1) is 13.8 Å². The third-order valence-corrected chi connectivity index (χ3v) is 3.90. The van der Waals surface area contributed by atoms with Gasteiger partial charge in [0.05, 0.1) is 5.69 Å². The number of amides is 2. The first-order valence-corrected chi connectivity index (χ1v) is 8.30. The van der Waals surface area contributed by atoms with Crippen LogP contribution >= 0.6 is 0 Å². The summed E-state index contributed by atoms with van der Waals surface area (Å²) in [6.07, 6.45) is 3.24. The number of carbonyl (C=O) groups excluding carboxylic acids is 1. The summed E-state index contributed by atoms with van der Waals surface area (Å²) in [5.74, 6) is 1.43. The highest BCUT2D eigenvalue weighted by Gasteiger charge is 2.07. The number of rotatable bonds is 6. The number of hydrogen-bond acceptors (Lipinski definition) is 5. The van der Waals surface area contributed by atoms with Crippen molar-refractivity contribution in [3.8, 4) is 5.82 Å². The SMILES string of the molecule is Cc1ncn(-c2cc(NCCNC(=O)Nc3ccccc3)ncn2)c1C. The van der Waals surface area contributed by atoms with Crippen molar-refractivity contribution < 1.29 is 4.79 Å². The van der Waals surface area contributed by atoms with E-state index >= 15 is 0 Å². The van der Waals surface area contributed by atoms with Gasteiger partial charge < -0.3 is 16.0 Å². The fourth-order valence-corrected chi connectivity index (χ4v) is 2.37. The molecule has 0 aliphatic heterocycles. The molecular weight excluding hydrogens is 330 g/mol. The lowest BCUT2D eigenvalue weighted by Gasteiger charge is -2.10. The Morgan fingerprint density at radius 3 is 2.62 bits per heavy atom. The lowest BCUT2D eigenvalue weighted by Crippen LogP contribution is -2.32. The maximum Gasteiger partial charge on any atom is 0.319 e. The minimum Gasteiger partial charge on any atom is -0.368 e. The van der Waals surface area contributed by atoms with Gasteiger partial charge in [0.1, 0.15) is 24.3 Å². The van der Waals surface area contributed by atoms with Crippen molar-refractivity contribution in [2.45, 2.75) is 13.8 Å². The number of carbonyl (C=O) groups is 1. The maximum atomic E-state index is 11.8. The molecular formula is C18H21N7O. The van der Waals surface area contributed by atoms with E-state index in [1.54, 1.807) is 6.33 Å². The van der Waals surface area contributed by atoms with Crippen LogP contribution in [0.25, 0.3) is 5.82 Å². The number of urea groups is 1. The summed E-state index contributed by atoms with van der Waals surface area (Å²) in [5.41, 5.74) is 2.75. The predicted octanol–water partition coefficient (Wildman–Crippen LogP) is 2.51. The molecule has 2 aromatic heterocycles. The molecule has 26 heavy (non-hydrogen) atoms.